The van der Waals surface area contributed by atoms with Gasteiger partial charge in [-0.15, -0.1) is 0 Å². The summed E-state index contributed by atoms with van der Waals surface area (Å²) in [6, 6.07) is 18.0. The number of furan rings is 1. The topological polar surface area (TPSA) is 75.2 Å². The minimum absolute atomic E-state index is 0.0854. The molecule has 0 saturated heterocycles. The van der Waals surface area contributed by atoms with Gasteiger partial charge in [-0.1, -0.05) is 61.4 Å². The molecule has 3 aromatic rings. The number of unbranched alkanes of at least 4 members (excludes halogenated alkanes) is 1. The zero-order valence-corrected chi connectivity index (χ0v) is 18.4. The van der Waals surface area contributed by atoms with Gasteiger partial charge < -0.3 is 9.52 Å². The van der Waals surface area contributed by atoms with Crippen molar-refractivity contribution in [3.8, 4) is 11.8 Å². The summed E-state index contributed by atoms with van der Waals surface area (Å²) in [6.45, 7) is 2.11. The first-order chi connectivity index (χ1) is 15.1. The predicted molar refractivity (Wildman–Crippen MR) is 128 cm³/mol. The van der Waals surface area contributed by atoms with Crippen LogP contribution in [0.5, 0.6) is 0 Å². The fourth-order valence-electron chi connectivity index (χ4n) is 2.93. The molecule has 0 aliphatic rings. The molecule has 0 fully saturated rings. The van der Waals surface area contributed by atoms with Crippen molar-refractivity contribution in [2.24, 2.45) is 9.98 Å². The van der Waals surface area contributed by atoms with Gasteiger partial charge >= 0.3 is 5.97 Å². The number of nitrogens with zero attached hydrogens (tertiary/aromatic N) is 2. The average molecular weight is 433 g/mol. The standard InChI is InChI=1S/C25H24N2O3S/c1-3-4-9-22(27-25(26-2)31-17-24(28)29)23-15-14-21(30-23)13-11-18-10-12-19-7-5-6-8-20(19)16-18/h5-8,10,12,14-16H,3-4,9,17H2,1-2H3,(H,28,29). The van der Waals surface area contributed by atoms with E-state index in [0.717, 1.165) is 41.3 Å². The molecule has 0 unspecified atom stereocenters. The number of aliphatic imine (C=N–C) groups is 2. The maximum Gasteiger partial charge on any atom is 0.313 e. The highest BCUT2D eigenvalue weighted by Gasteiger charge is 2.11. The predicted octanol–water partition coefficient (Wildman–Crippen LogP) is 5.62. The molecule has 1 aromatic heterocycles. The second kappa shape index (κ2) is 11.2. The molecule has 0 aliphatic carbocycles. The van der Waals surface area contributed by atoms with E-state index in [2.05, 4.69) is 53.0 Å². The van der Waals surface area contributed by atoms with Crippen molar-refractivity contribution in [1.82, 2.24) is 0 Å². The van der Waals surface area contributed by atoms with Crippen LogP contribution in [-0.2, 0) is 4.79 Å². The number of benzene rings is 2. The molecule has 1 heterocycles. The van der Waals surface area contributed by atoms with Crippen LogP contribution < -0.4 is 0 Å². The number of amidine groups is 1. The summed E-state index contributed by atoms with van der Waals surface area (Å²) in [7, 11) is 1.60. The highest BCUT2D eigenvalue weighted by atomic mass is 32.2. The minimum atomic E-state index is -0.902. The van der Waals surface area contributed by atoms with Crippen LogP contribution >= 0.6 is 11.8 Å². The van der Waals surface area contributed by atoms with Crippen molar-refractivity contribution < 1.29 is 14.3 Å². The zero-order valence-electron chi connectivity index (χ0n) is 17.6. The zero-order chi connectivity index (χ0) is 22.1. The van der Waals surface area contributed by atoms with Crippen molar-refractivity contribution in [1.29, 1.82) is 0 Å². The maximum absolute atomic E-state index is 10.9. The van der Waals surface area contributed by atoms with Gasteiger partial charge in [0.1, 0.15) is 5.76 Å². The second-order valence-electron chi connectivity index (χ2n) is 6.83. The van der Waals surface area contributed by atoms with E-state index in [-0.39, 0.29) is 5.75 Å². The molecule has 6 heteroatoms. The largest absolute Gasteiger partial charge is 0.481 e. The van der Waals surface area contributed by atoms with E-state index in [4.69, 9.17) is 9.52 Å². The Hall–Kier alpha value is -3.30. The molecule has 1 N–H and O–H groups in total. The Morgan fingerprint density at radius 2 is 1.90 bits per heavy atom. The van der Waals surface area contributed by atoms with Crippen LogP contribution in [0.2, 0.25) is 0 Å². The molecule has 0 spiro atoms. The SMILES string of the molecule is CCCCC(=NC(=NC)SCC(=O)O)c1ccc(C#Cc2ccc3ccccc3c2)o1. The lowest BCUT2D eigenvalue weighted by Crippen LogP contribution is -2.06. The third-order valence-corrected chi connectivity index (χ3v) is 5.41. The second-order valence-corrected chi connectivity index (χ2v) is 7.77. The van der Waals surface area contributed by atoms with Gasteiger partial charge in [-0.25, -0.2) is 4.99 Å². The Morgan fingerprint density at radius 3 is 2.65 bits per heavy atom. The Labute approximate surface area is 186 Å². The molecule has 0 amide bonds. The number of hydrogen-bond donors (Lipinski definition) is 1. The Morgan fingerprint density at radius 1 is 1.10 bits per heavy atom. The summed E-state index contributed by atoms with van der Waals surface area (Å²) in [4.78, 5) is 19.5. The van der Waals surface area contributed by atoms with E-state index in [1.165, 1.54) is 5.39 Å². The number of rotatable bonds is 6. The fourth-order valence-corrected chi connectivity index (χ4v) is 3.48. The third kappa shape index (κ3) is 6.59. The van der Waals surface area contributed by atoms with Gasteiger partial charge in [-0.3, -0.25) is 9.79 Å². The number of carboxylic acid groups (broad SMARTS) is 1. The molecule has 0 saturated carbocycles. The van der Waals surface area contributed by atoms with Crippen molar-refractivity contribution in [2.45, 2.75) is 26.2 Å². The van der Waals surface area contributed by atoms with Crippen LogP contribution in [0.3, 0.4) is 0 Å². The smallest absolute Gasteiger partial charge is 0.313 e. The first-order valence-corrected chi connectivity index (χ1v) is 11.1. The van der Waals surface area contributed by atoms with Crippen molar-refractivity contribution >= 4 is 39.4 Å². The molecule has 0 aliphatic heterocycles. The van der Waals surface area contributed by atoms with E-state index in [1.807, 2.05) is 30.3 Å². The number of hydrogen-bond acceptors (Lipinski definition) is 4. The summed E-state index contributed by atoms with van der Waals surface area (Å²) < 4.78 is 5.94. The van der Waals surface area contributed by atoms with Crippen LogP contribution in [0.25, 0.3) is 10.8 Å². The number of aliphatic carboxylic acids is 1. The maximum atomic E-state index is 10.9. The van der Waals surface area contributed by atoms with Gasteiger partial charge in [0, 0.05) is 12.6 Å². The monoisotopic (exact) mass is 432 g/mol. The number of thioether (sulfide) groups is 1. The first-order valence-electron chi connectivity index (χ1n) is 10.1. The van der Waals surface area contributed by atoms with Gasteiger partial charge in [0.2, 0.25) is 0 Å². The lowest BCUT2D eigenvalue weighted by Gasteiger charge is -2.04. The summed E-state index contributed by atoms with van der Waals surface area (Å²) in [6.07, 6.45) is 2.67. The fraction of sp³-hybridized carbons (Fsp3) is 0.240. The van der Waals surface area contributed by atoms with Crippen LogP contribution in [0, 0.1) is 11.8 Å². The average Bonchev–Trinajstić information content (AvgIpc) is 3.26. The van der Waals surface area contributed by atoms with E-state index in [1.54, 1.807) is 7.05 Å². The van der Waals surface area contributed by atoms with Crippen LogP contribution in [0.1, 0.15) is 43.3 Å². The molecule has 0 atom stereocenters. The summed E-state index contributed by atoms with van der Waals surface area (Å²) in [5.74, 6) is 6.44. The van der Waals surface area contributed by atoms with Crippen LogP contribution in [0.4, 0.5) is 0 Å². The summed E-state index contributed by atoms with van der Waals surface area (Å²) in [5, 5.41) is 11.7. The van der Waals surface area contributed by atoms with Crippen molar-refractivity contribution in [2.75, 3.05) is 12.8 Å². The molecular formula is C25H24N2O3S. The van der Waals surface area contributed by atoms with Gasteiger partial charge in [-0.05, 0) is 53.8 Å². The van der Waals surface area contributed by atoms with E-state index in [9.17, 15) is 4.79 Å². The first kappa shape index (κ1) is 22.4. The van der Waals surface area contributed by atoms with Gasteiger partial charge in [0.25, 0.3) is 0 Å². The molecule has 0 radical (unpaired) electrons. The van der Waals surface area contributed by atoms with Crippen LogP contribution in [0.15, 0.2) is 69.0 Å². The molecule has 0 bridgehead atoms. The van der Waals surface area contributed by atoms with Gasteiger partial charge in [-0.2, -0.15) is 0 Å². The highest BCUT2D eigenvalue weighted by Crippen LogP contribution is 2.17. The molecular weight excluding hydrogens is 408 g/mol. The Balaban J connectivity index is 1.82. The third-order valence-electron chi connectivity index (χ3n) is 4.48. The normalized spacial score (nSPS) is 11.9. The quantitative estimate of drug-likeness (QED) is 0.312. The van der Waals surface area contributed by atoms with Crippen molar-refractivity contribution in [3.63, 3.8) is 0 Å². The molecule has 158 valence electrons. The van der Waals surface area contributed by atoms with E-state index in [0.29, 0.717) is 23.1 Å². The van der Waals surface area contributed by atoms with E-state index < -0.39 is 5.97 Å². The lowest BCUT2D eigenvalue weighted by atomic mass is 10.1. The molecule has 31 heavy (non-hydrogen) atoms. The number of carbonyl (C=O) groups is 1. The van der Waals surface area contributed by atoms with Gasteiger partial charge in [0.05, 0.1) is 11.5 Å². The molecule has 2 aromatic carbocycles. The highest BCUT2D eigenvalue weighted by molar-refractivity contribution is 8.14. The summed E-state index contributed by atoms with van der Waals surface area (Å²) in [5.41, 5.74) is 1.67. The molecule has 3 rings (SSSR count). The number of fused-ring (bicyclic) bond motifs is 1. The van der Waals surface area contributed by atoms with Crippen molar-refractivity contribution in [3.05, 3.63) is 71.7 Å². The van der Waals surface area contributed by atoms with Gasteiger partial charge in [0.15, 0.2) is 10.9 Å². The van der Waals surface area contributed by atoms with E-state index >= 15 is 0 Å². The minimum Gasteiger partial charge on any atom is -0.481 e. The summed E-state index contributed by atoms with van der Waals surface area (Å²) >= 11 is 1.09. The van der Waals surface area contributed by atoms with Crippen LogP contribution in [-0.4, -0.2) is 34.8 Å². The number of carboxylic acids is 1. The Kier molecular flexibility index (Phi) is 8.08. The Bertz CT molecular complexity index is 1180. The molecule has 5 nitrogen and oxygen atoms in total. The lowest BCUT2D eigenvalue weighted by molar-refractivity contribution is -0.133.